The second-order valence-corrected chi connectivity index (χ2v) is 7.83. The van der Waals surface area contributed by atoms with Gasteiger partial charge in [0.1, 0.15) is 6.54 Å². The van der Waals surface area contributed by atoms with E-state index < -0.39 is 11.5 Å². The van der Waals surface area contributed by atoms with Crippen LogP contribution < -0.4 is 10.2 Å². The third kappa shape index (κ3) is 3.58. The summed E-state index contributed by atoms with van der Waals surface area (Å²) in [5, 5.41) is 14.7. The minimum Gasteiger partial charge on any atom is -0.372 e. The maximum absolute atomic E-state index is 13.3. The van der Waals surface area contributed by atoms with E-state index in [0.717, 1.165) is 11.1 Å². The topological polar surface area (TPSA) is 69.6 Å². The Bertz CT molecular complexity index is 1110. The first-order valence-electron chi connectivity index (χ1n) is 9.62. The van der Waals surface area contributed by atoms with E-state index in [1.54, 1.807) is 48.5 Å². The molecule has 0 saturated carbocycles. The Kier molecular flexibility index (Phi) is 5.33. The molecule has 2 N–H and O–H groups in total. The van der Waals surface area contributed by atoms with Crippen LogP contribution in [0.2, 0.25) is 5.02 Å². The van der Waals surface area contributed by atoms with Crippen molar-refractivity contribution in [3.63, 3.8) is 0 Å². The fraction of sp³-hybridized carbons (Fsp3) is 0.167. The predicted octanol–water partition coefficient (Wildman–Crippen LogP) is 3.55. The Hall–Kier alpha value is -3.15. The quantitative estimate of drug-likeness (QED) is 0.663. The average molecular weight is 421 g/mol. The second kappa shape index (κ2) is 7.94. The minimum atomic E-state index is -1.89. The van der Waals surface area contributed by atoms with Crippen LogP contribution in [0.5, 0.6) is 0 Å². The van der Waals surface area contributed by atoms with Gasteiger partial charge in [0, 0.05) is 17.1 Å². The molecule has 0 aliphatic carbocycles. The molecule has 0 unspecified atom stereocenters. The van der Waals surface area contributed by atoms with Gasteiger partial charge >= 0.3 is 0 Å². The lowest BCUT2D eigenvalue weighted by atomic mass is 9.87. The van der Waals surface area contributed by atoms with E-state index in [9.17, 15) is 14.7 Å². The number of halogens is 1. The third-order valence-corrected chi connectivity index (χ3v) is 5.53. The van der Waals surface area contributed by atoms with E-state index in [4.69, 9.17) is 11.6 Å². The van der Waals surface area contributed by atoms with Crippen molar-refractivity contribution in [2.24, 2.45) is 0 Å². The molecule has 0 radical (unpaired) electrons. The van der Waals surface area contributed by atoms with Gasteiger partial charge in [0.2, 0.25) is 5.91 Å². The first-order valence-corrected chi connectivity index (χ1v) is 9.99. The summed E-state index contributed by atoms with van der Waals surface area (Å²) in [4.78, 5) is 27.2. The number of nitrogens with zero attached hydrogens (tertiary/aromatic N) is 1. The Morgan fingerprint density at radius 2 is 1.80 bits per heavy atom. The van der Waals surface area contributed by atoms with E-state index in [1.807, 2.05) is 31.2 Å². The van der Waals surface area contributed by atoms with E-state index in [-0.39, 0.29) is 12.5 Å². The summed E-state index contributed by atoms with van der Waals surface area (Å²) >= 11 is 6.09. The first-order chi connectivity index (χ1) is 14.4. The summed E-state index contributed by atoms with van der Waals surface area (Å²) < 4.78 is 0. The standard InChI is InChI=1S/C24H21ClN2O3/c1-16-9-11-17(12-10-16)14-26-22(28)15-27-21-8-3-2-7-20(21)24(30,23(27)29)18-5-4-6-19(25)13-18/h2-13,30H,14-15H2,1H3,(H,26,28)/t24-/m1/s1. The largest absolute Gasteiger partial charge is 0.372 e. The number of para-hydroxylation sites is 1. The van der Waals surface area contributed by atoms with Crippen molar-refractivity contribution in [2.45, 2.75) is 19.1 Å². The molecule has 6 heteroatoms. The van der Waals surface area contributed by atoms with Crippen molar-refractivity contribution in [1.82, 2.24) is 5.32 Å². The smallest absolute Gasteiger partial charge is 0.268 e. The fourth-order valence-electron chi connectivity index (χ4n) is 3.69. The van der Waals surface area contributed by atoms with E-state index in [0.29, 0.717) is 28.4 Å². The molecule has 0 saturated heterocycles. The number of fused-ring (bicyclic) bond motifs is 1. The lowest BCUT2D eigenvalue weighted by Gasteiger charge is -2.23. The highest BCUT2D eigenvalue weighted by Crippen LogP contribution is 2.44. The number of nitrogens with one attached hydrogen (secondary N) is 1. The number of amides is 2. The van der Waals surface area contributed by atoms with Crippen molar-refractivity contribution in [2.75, 3.05) is 11.4 Å². The van der Waals surface area contributed by atoms with Crippen LogP contribution in [0.1, 0.15) is 22.3 Å². The van der Waals surface area contributed by atoms with Crippen LogP contribution in [0, 0.1) is 6.92 Å². The molecule has 0 fully saturated rings. The fourth-order valence-corrected chi connectivity index (χ4v) is 3.88. The number of aryl methyl sites for hydroxylation is 1. The molecular formula is C24H21ClN2O3. The number of carbonyl (C=O) groups is 2. The van der Waals surface area contributed by atoms with Crippen LogP contribution in [0.3, 0.4) is 0 Å². The van der Waals surface area contributed by atoms with Gasteiger partial charge in [-0.3, -0.25) is 14.5 Å². The summed E-state index contributed by atoms with van der Waals surface area (Å²) in [7, 11) is 0. The van der Waals surface area contributed by atoms with Crippen molar-refractivity contribution in [3.05, 3.63) is 100 Å². The van der Waals surface area contributed by atoms with Crippen LogP contribution in [-0.4, -0.2) is 23.5 Å². The predicted molar refractivity (Wildman–Crippen MR) is 116 cm³/mol. The van der Waals surface area contributed by atoms with Crippen LogP contribution >= 0.6 is 11.6 Å². The molecule has 4 rings (SSSR count). The number of hydrogen-bond acceptors (Lipinski definition) is 3. The van der Waals surface area contributed by atoms with Crippen LogP contribution in [-0.2, 0) is 21.7 Å². The average Bonchev–Trinajstić information content (AvgIpc) is 2.96. The monoisotopic (exact) mass is 420 g/mol. The van der Waals surface area contributed by atoms with Gasteiger partial charge in [-0.25, -0.2) is 0 Å². The van der Waals surface area contributed by atoms with Gasteiger partial charge in [-0.2, -0.15) is 0 Å². The molecule has 1 atom stereocenters. The Morgan fingerprint density at radius 3 is 2.53 bits per heavy atom. The number of carbonyl (C=O) groups excluding carboxylic acids is 2. The maximum atomic E-state index is 13.3. The zero-order valence-electron chi connectivity index (χ0n) is 16.4. The summed E-state index contributed by atoms with van der Waals surface area (Å²) in [6.07, 6.45) is 0. The summed E-state index contributed by atoms with van der Waals surface area (Å²) in [5.74, 6) is -0.884. The van der Waals surface area contributed by atoms with Gasteiger partial charge in [0.05, 0.1) is 5.69 Å². The molecule has 1 heterocycles. The normalized spacial score (nSPS) is 17.7. The highest BCUT2D eigenvalue weighted by Gasteiger charge is 2.51. The number of rotatable bonds is 5. The zero-order valence-corrected chi connectivity index (χ0v) is 17.2. The van der Waals surface area contributed by atoms with Gasteiger partial charge in [-0.05, 0) is 36.2 Å². The number of anilines is 1. The summed E-state index contributed by atoms with van der Waals surface area (Å²) in [6.45, 7) is 2.17. The molecule has 1 aliphatic rings. The van der Waals surface area contributed by atoms with Gasteiger partial charge in [0.15, 0.2) is 5.60 Å². The van der Waals surface area contributed by atoms with Crippen LogP contribution in [0.15, 0.2) is 72.8 Å². The highest BCUT2D eigenvalue weighted by molar-refractivity contribution is 6.30. The molecule has 30 heavy (non-hydrogen) atoms. The highest BCUT2D eigenvalue weighted by atomic mass is 35.5. The molecule has 0 aromatic heterocycles. The van der Waals surface area contributed by atoms with Gasteiger partial charge in [0.25, 0.3) is 5.91 Å². The van der Waals surface area contributed by atoms with Gasteiger partial charge < -0.3 is 10.4 Å². The SMILES string of the molecule is Cc1ccc(CNC(=O)CN2C(=O)[C@@](O)(c3cccc(Cl)c3)c3ccccc32)cc1. The lowest BCUT2D eigenvalue weighted by molar-refractivity contribution is -0.133. The molecular weight excluding hydrogens is 400 g/mol. The Balaban J connectivity index is 1.57. The maximum Gasteiger partial charge on any atom is 0.268 e. The number of hydrogen-bond donors (Lipinski definition) is 2. The Morgan fingerprint density at radius 1 is 1.07 bits per heavy atom. The molecule has 3 aromatic rings. The van der Waals surface area contributed by atoms with Gasteiger partial charge in [-0.15, -0.1) is 0 Å². The molecule has 0 spiro atoms. The summed E-state index contributed by atoms with van der Waals surface area (Å²) in [5.41, 5.74) is 1.54. The second-order valence-electron chi connectivity index (χ2n) is 7.39. The minimum absolute atomic E-state index is 0.190. The third-order valence-electron chi connectivity index (χ3n) is 5.29. The summed E-state index contributed by atoms with van der Waals surface area (Å²) in [6, 6.07) is 21.4. The van der Waals surface area contributed by atoms with E-state index in [1.165, 1.54) is 4.90 Å². The molecule has 152 valence electrons. The van der Waals surface area contributed by atoms with Crippen LogP contribution in [0.4, 0.5) is 5.69 Å². The lowest BCUT2D eigenvalue weighted by Crippen LogP contribution is -2.45. The molecule has 2 amide bonds. The Labute approximate surface area is 179 Å². The van der Waals surface area contributed by atoms with Crippen molar-refractivity contribution < 1.29 is 14.7 Å². The number of aliphatic hydroxyl groups is 1. The van der Waals surface area contributed by atoms with Crippen molar-refractivity contribution in [1.29, 1.82) is 0 Å². The first kappa shape index (κ1) is 20.1. The zero-order chi connectivity index (χ0) is 21.3. The molecule has 1 aliphatic heterocycles. The molecule has 5 nitrogen and oxygen atoms in total. The van der Waals surface area contributed by atoms with Crippen molar-refractivity contribution >= 4 is 29.1 Å². The van der Waals surface area contributed by atoms with Crippen molar-refractivity contribution in [3.8, 4) is 0 Å². The number of benzene rings is 3. The molecule has 3 aromatic carbocycles. The van der Waals surface area contributed by atoms with Gasteiger partial charge in [-0.1, -0.05) is 71.8 Å². The van der Waals surface area contributed by atoms with E-state index in [2.05, 4.69) is 5.32 Å². The van der Waals surface area contributed by atoms with Crippen LogP contribution in [0.25, 0.3) is 0 Å². The molecule has 0 bridgehead atoms. The van der Waals surface area contributed by atoms with E-state index >= 15 is 0 Å².